The number of aliphatic carboxylic acids is 1. The third-order valence-corrected chi connectivity index (χ3v) is 2.84. The van der Waals surface area contributed by atoms with E-state index in [0.717, 1.165) is 0 Å². The van der Waals surface area contributed by atoms with Gasteiger partial charge in [-0.15, -0.1) is 0 Å². The van der Waals surface area contributed by atoms with Crippen LogP contribution in [0.4, 0.5) is 0 Å². The van der Waals surface area contributed by atoms with Crippen molar-refractivity contribution in [2.45, 2.75) is 38.8 Å². The van der Waals surface area contributed by atoms with Gasteiger partial charge in [0.15, 0.2) is 0 Å². The summed E-state index contributed by atoms with van der Waals surface area (Å²) in [5, 5.41) is 15.0. The second-order valence-electron chi connectivity index (χ2n) is 4.15. The molecule has 1 aromatic rings. The Morgan fingerprint density at radius 3 is 2.74 bits per heavy atom. The molecule has 106 valence electrons. The van der Waals surface area contributed by atoms with Gasteiger partial charge in [-0.25, -0.2) is 4.79 Å². The molecule has 1 unspecified atom stereocenters. The lowest BCUT2D eigenvalue weighted by molar-refractivity contribution is -0.139. The number of likely N-dealkylation sites (N-methyl/N-ethyl adjacent to an activating group) is 1. The van der Waals surface area contributed by atoms with Crippen molar-refractivity contribution in [3.63, 3.8) is 0 Å². The summed E-state index contributed by atoms with van der Waals surface area (Å²) in [5.74, 6) is -0.578. The van der Waals surface area contributed by atoms with Gasteiger partial charge in [0.1, 0.15) is 11.9 Å². The molecule has 1 rings (SSSR count). The highest BCUT2D eigenvalue weighted by molar-refractivity contribution is 5.73. The molecule has 0 spiro atoms. The molecule has 0 amide bonds. The molecule has 19 heavy (non-hydrogen) atoms. The lowest BCUT2D eigenvalue weighted by Gasteiger charge is -2.11. The number of carboxylic acids is 1. The van der Waals surface area contributed by atoms with Gasteiger partial charge in [0.05, 0.1) is 0 Å². The molecule has 0 aromatic carbocycles. The molecule has 8 heteroatoms. The first-order valence-corrected chi connectivity index (χ1v) is 5.95. The zero-order valence-electron chi connectivity index (χ0n) is 10.9. The van der Waals surface area contributed by atoms with Gasteiger partial charge in [0.2, 0.25) is 0 Å². The van der Waals surface area contributed by atoms with E-state index in [1.807, 2.05) is 0 Å². The second kappa shape index (κ2) is 6.83. The van der Waals surface area contributed by atoms with E-state index in [2.05, 4.69) is 15.0 Å². The van der Waals surface area contributed by atoms with Crippen LogP contribution in [0.15, 0.2) is 14.1 Å². The normalized spacial score (nSPS) is 12.3. The predicted octanol–water partition coefficient (Wildman–Crippen LogP) is -0.652. The standard InChI is InChI=1S/C11H17N3O5/c1-7-13-19-11(18)9(15)14(7)6-4-3-5-8(12-2)10(16)17/h8,12H,3-6H2,1-2H3,(H,16,17). The molecule has 1 heterocycles. The zero-order chi connectivity index (χ0) is 14.4. The SMILES string of the molecule is CNC(CCCCn1c(C)noc(=O)c1=O)C(=O)O. The van der Waals surface area contributed by atoms with E-state index in [4.69, 9.17) is 5.11 Å². The summed E-state index contributed by atoms with van der Waals surface area (Å²) in [5.41, 5.74) is -1.74. The number of aryl methyl sites for hydroxylation is 1. The summed E-state index contributed by atoms with van der Waals surface area (Å²) in [4.78, 5) is 33.3. The van der Waals surface area contributed by atoms with Crippen LogP contribution in [0.2, 0.25) is 0 Å². The van der Waals surface area contributed by atoms with Gasteiger partial charge in [-0.05, 0) is 33.2 Å². The molecule has 0 fully saturated rings. The first kappa shape index (κ1) is 15.1. The Labute approximate surface area is 109 Å². The average Bonchev–Trinajstić information content (AvgIpc) is 2.37. The maximum Gasteiger partial charge on any atom is 0.423 e. The van der Waals surface area contributed by atoms with E-state index in [9.17, 15) is 14.4 Å². The summed E-state index contributed by atoms with van der Waals surface area (Å²) in [6.45, 7) is 1.89. The molecular formula is C11H17N3O5. The van der Waals surface area contributed by atoms with Crippen molar-refractivity contribution in [3.8, 4) is 0 Å². The first-order chi connectivity index (χ1) is 8.97. The molecule has 0 bridgehead atoms. The van der Waals surface area contributed by atoms with Crippen LogP contribution in [0, 0.1) is 6.92 Å². The molecule has 2 N–H and O–H groups in total. The van der Waals surface area contributed by atoms with Crippen LogP contribution >= 0.6 is 0 Å². The molecule has 8 nitrogen and oxygen atoms in total. The van der Waals surface area contributed by atoms with Crippen LogP contribution in [0.25, 0.3) is 0 Å². The summed E-state index contributed by atoms with van der Waals surface area (Å²) < 4.78 is 5.53. The number of rotatable bonds is 7. The predicted molar refractivity (Wildman–Crippen MR) is 66.1 cm³/mol. The van der Waals surface area contributed by atoms with Gasteiger partial charge in [-0.3, -0.25) is 14.2 Å². The monoisotopic (exact) mass is 271 g/mol. The fourth-order valence-electron chi connectivity index (χ4n) is 1.73. The van der Waals surface area contributed by atoms with Gasteiger partial charge in [-0.2, -0.15) is 0 Å². The summed E-state index contributed by atoms with van der Waals surface area (Å²) in [6, 6.07) is -0.600. The molecule has 0 radical (unpaired) electrons. The van der Waals surface area contributed by atoms with Crippen molar-refractivity contribution in [1.82, 2.24) is 15.0 Å². The third kappa shape index (κ3) is 4.02. The molecule has 0 aliphatic carbocycles. The van der Waals surface area contributed by atoms with E-state index < -0.39 is 23.2 Å². The van der Waals surface area contributed by atoms with Gasteiger partial charge in [0.25, 0.3) is 0 Å². The lowest BCUT2D eigenvalue weighted by Crippen LogP contribution is -2.36. The number of aromatic nitrogens is 2. The molecule has 1 aromatic heterocycles. The summed E-state index contributed by atoms with van der Waals surface area (Å²) >= 11 is 0. The Hall–Kier alpha value is -1.96. The quantitative estimate of drug-likeness (QED) is 0.500. The number of nitrogens with one attached hydrogen (secondary N) is 1. The highest BCUT2D eigenvalue weighted by atomic mass is 16.5. The topological polar surface area (TPSA) is 114 Å². The van der Waals surface area contributed by atoms with E-state index in [0.29, 0.717) is 31.6 Å². The van der Waals surface area contributed by atoms with Gasteiger partial charge < -0.3 is 14.9 Å². The van der Waals surface area contributed by atoms with Gasteiger partial charge in [0, 0.05) is 6.54 Å². The van der Waals surface area contributed by atoms with Crippen LogP contribution in [0.3, 0.4) is 0 Å². The smallest absolute Gasteiger partial charge is 0.423 e. The Kier molecular flexibility index (Phi) is 5.43. The minimum atomic E-state index is -0.996. The van der Waals surface area contributed by atoms with E-state index in [1.54, 1.807) is 14.0 Å². The van der Waals surface area contributed by atoms with Crippen LogP contribution in [-0.2, 0) is 11.3 Å². The van der Waals surface area contributed by atoms with Crippen LogP contribution < -0.4 is 16.5 Å². The Bertz CT molecular complexity index is 548. The van der Waals surface area contributed by atoms with Gasteiger partial charge >= 0.3 is 17.2 Å². The van der Waals surface area contributed by atoms with Gasteiger partial charge in [-0.1, -0.05) is 5.16 Å². The van der Waals surface area contributed by atoms with Crippen molar-refractivity contribution in [2.24, 2.45) is 0 Å². The number of carbonyl (C=O) groups is 1. The zero-order valence-corrected chi connectivity index (χ0v) is 10.9. The average molecular weight is 271 g/mol. The lowest BCUT2D eigenvalue weighted by atomic mass is 10.1. The minimum Gasteiger partial charge on any atom is -0.480 e. The Morgan fingerprint density at radius 1 is 1.47 bits per heavy atom. The first-order valence-electron chi connectivity index (χ1n) is 5.95. The third-order valence-electron chi connectivity index (χ3n) is 2.84. The number of nitrogens with zero attached hydrogens (tertiary/aromatic N) is 2. The number of unbranched alkanes of at least 4 members (excludes halogenated alkanes) is 1. The second-order valence-corrected chi connectivity index (χ2v) is 4.15. The van der Waals surface area contributed by atoms with Crippen molar-refractivity contribution in [1.29, 1.82) is 0 Å². The number of hydrogen-bond donors (Lipinski definition) is 2. The summed E-state index contributed by atoms with van der Waals surface area (Å²) in [6.07, 6.45) is 1.65. The maximum atomic E-state index is 11.5. The van der Waals surface area contributed by atoms with E-state index in [-0.39, 0.29) is 0 Å². The van der Waals surface area contributed by atoms with Crippen molar-refractivity contribution < 1.29 is 14.4 Å². The summed E-state index contributed by atoms with van der Waals surface area (Å²) in [7, 11) is 1.58. The highest BCUT2D eigenvalue weighted by Crippen LogP contribution is 2.03. The molecule has 0 saturated heterocycles. The van der Waals surface area contributed by atoms with Crippen LogP contribution in [0.5, 0.6) is 0 Å². The molecular weight excluding hydrogens is 254 g/mol. The minimum absolute atomic E-state index is 0.319. The fourth-order valence-corrected chi connectivity index (χ4v) is 1.73. The fraction of sp³-hybridized carbons (Fsp3) is 0.636. The van der Waals surface area contributed by atoms with E-state index >= 15 is 0 Å². The Morgan fingerprint density at radius 2 is 2.16 bits per heavy atom. The van der Waals surface area contributed by atoms with Crippen molar-refractivity contribution in [3.05, 3.63) is 26.6 Å². The molecule has 1 atom stereocenters. The van der Waals surface area contributed by atoms with Crippen LogP contribution in [-0.4, -0.2) is 33.9 Å². The Balaban J connectivity index is 2.55. The van der Waals surface area contributed by atoms with Crippen molar-refractivity contribution >= 4 is 5.97 Å². The maximum absolute atomic E-state index is 11.5. The largest absolute Gasteiger partial charge is 0.480 e. The molecule has 0 saturated carbocycles. The molecule has 0 aliphatic rings. The van der Waals surface area contributed by atoms with Crippen molar-refractivity contribution in [2.75, 3.05) is 7.05 Å². The number of hydrogen-bond acceptors (Lipinski definition) is 6. The number of carboxylic acid groups (broad SMARTS) is 1. The molecule has 0 aliphatic heterocycles. The van der Waals surface area contributed by atoms with Crippen LogP contribution in [0.1, 0.15) is 25.1 Å². The highest BCUT2D eigenvalue weighted by Gasteiger charge is 2.14. The van der Waals surface area contributed by atoms with E-state index in [1.165, 1.54) is 4.57 Å².